The van der Waals surface area contributed by atoms with Gasteiger partial charge in [-0.25, -0.2) is 4.79 Å². The molecular formula is C13H18N2O5. The first-order chi connectivity index (χ1) is 9.41. The first-order valence-corrected chi connectivity index (χ1v) is 6.05. The van der Waals surface area contributed by atoms with Crippen molar-refractivity contribution in [3.8, 4) is 0 Å². The van der Waals surface area contributed by atoms with Crippen molar-refractivity contribution in [3.63, 3.8) is 0 Å². The second-order valence-corrected chi connectivity index (χ2v) is 4.35. The Hall–Kier alpha value is -2.12. The molecule has 20 heavy (non-hydrogen) atoms. The quantitative estimate of drug-likeness (QED) is 0.586. The van der Waals surface area contributed by atoms with Crippen LogP contribution in [0, 0.1) is 0 Å². The zero-order chi connectivity index (χ0) is 15.1. The van der Waals surface area contributed by atoms with Gasteiger partial charge in [-0.1, -0.05) is 30.3 Å². The van der Waals surface area contributed by atoms with Crippen LogP contribution in [0.2, 0.25) is 0 Å². The second kappa shape index (κ2) is 7.46. The van der Waals surface area contributed by atoms with Gasteiger partial charge in [-0.05, 0) is 12.5 Å². The number of ether oxygens (including phenoxy) is 1. The standard InChI is InChI=1S/C13H18N2O5/c1-8(11(16)10(14)12(17)18)15-13(19)20-7-9-5-3-2-4-6-9/h2-6,8,10-11,16H,7,14H2,1H3,(H,15,19)(H,17,18)/t8-,10-,11-/m0/s1. The molecule has 7 heteroatoms. The number of amides is 1. The maximum Gasteiger partial charge on any atom is 0.407 e. The average Bonchev–Trinajstić information content (AvgIpc) is 2.44. The van der Waals surface area contributed by atoms with Crippen LogP contribution >= 0.6 is 0 Å². The molecule has 0 aromatic heterocycles. The summed E-state index contributed by atoms with van der Waals surface area (Å²) in [5.74, 6) is -1.34. The van der Waals surface area contributed by atoms with Gasteiger partial charge in [0.1, 0.15) is 12.6 Å². The maximum absolute atomic E-state index is 11.5. The number of aliphatic hydroxyl groups excluding tert-OH is 1. The van der Waals surface area contributed by atoms with E-state index < -0.39 is 30.3 Å². The van der Waals surface area contributed by atoms with E-state index in [-0.39, 0.29) is 6.61 Å². The number of hydrogen-bond donors (Lipinski definition) is 4. The molecule has 0 aliphatic heterocycles. The van der Waals surface area contributed by atoms with Crippen LogP contribution in [0.4, 0.5) is 4.79 Å². The summed E-state index contributed by atoms with van der Waals surface area (Å²) in [6, 6.07) is 6.75. The predicted molar refractivity (Wildman–Crippen MR) is 70.8 cm³/mol. The number of aliphatic carboxylic acids is 1. The number of carboxylic acids is 1. The lowest BCUT2D eigenvalue weighted by atomic mass is 10.1. The fourth-order valence-corrected chi connectivity index (χ4v) is 1.49. The van der Waals surface area contributed by atoms with Gasteiger partial charge in [-0.3, -0.25) is 4.79 Å². The van der Waals surface area contributed by atoms with Crippen molar-refractivity contribution in [3.05, 3.63) is 35.9 Å². The second-order valence-electron chi connectivity index (χ2n) is 4.35. The molecule has 0 radical (unpaired) electrons. The topological polar surface area (TPSA) is 122 Å². The highest BCUT2D eigenvalue weighted by molar-refractivity contribution is 5.74. The van der Waals surface area contributed by atoms with Crippen molar-refractivity contribution >= 4 is 12.1 Å². The van der Waals surface area contributed by atoms with Gasteiger partial charge in [0.25, 0.3) is 0 Å². The van der Waals surface area contributed by atoms with Crippen molar-refractivity contribution in [2.24, 2.45) is 5.73 Å². The third kappa shape index (κ3) is 4.87. The summed E-state index contributed by atoms with van der Waals surface area (Å²) in [4.78, 5) is 22.1. The van der Waals surface area contributed by atoms with Crippen LogP contribution in [-0.4, -0.2) is 40.5 Å². The molecule has 0 heterocycles. The molecule has 0 saturated heterocycles. The first-order valence-electron chi connectivity index (χ1n) is 6.05. The summed E-state index contributed by atoms with van der Waals surface area (Å²) in [5.41, 5.74) is 6.08. The van der Waals surface area contributed by atoms with E-state index in [1.54, 1.807) is 12.1 Å². The minimum Gasteiger partial charge on any atom is -0.480 e. The Morgan fingerprint density at radius 1 is 1.35 bits per heavy atom. The molecule has 0 unspecified atom stereocenters. The van der Waals surface area contributed by atoms with Gasteiger partial charge in [0, 0.05) is 0 Å². The van der Waals surface area contributed by atoms with E-state index in [2.05, 4.69) is 5.32 Å². The van der Waals surface area contributed by atoms with Crippen LogP contribution in [0.1, 0.15) is 12.5 Å². The van der Waals surface area contributed by atoms with Crippen LogP contribution in [-0.2, 0) is 16.1 Å². The van der Waals surface area contributed by atoms with Crippen molar-refractivity contribution in [1.29, 1.82) is 0 Å². The van der Waals surface area contributed by atoms with Gasteiger partial charge in [-0.15, -0.1) is 0 Å². The van der Waals surface area contributed by atoms with Crippen LogP contribution in [0.5, 0.6) is 0 Å². The fraction of sp³-hybridized carbons (Fsp3) is 0.385. The highest BCUT2D eigenvalue weighted by Gasteiger charge is 2.28. The zero-order valence-corrected chi connectivity index (χ0v) is 11.0. The molecule has 0 aliphatic carbocycles. The number of nitrogens with two attached hydrogens (primary N) is 1. The SMILES string of the molecule is C[C@H](NC(=O)OCc1ccccc1)[C@H](O)[C@H](N)C(=O)O. The van der Waals surface area contributed by atoms with Crippen molar-refractivity contribution in [2.75, 3.05) is 0 Å². The monoisotopic (exact) mass is 282 g/mol. The highest BCUT2D eigenvalue weighted by Crippen LogP contribution is 2.02. The van der Waals surface area contributed by atoms with Crippen LogP contribution in [0.15, 0.2) is 30.3 Å². The van der Waals surface area contributed by atoms with Gasteiger partial charge >= 0.3 is 12.1 Å². The predicted octanol–water partition coefficient (Wildman–Crippen LogP) is 0.0741. The number of aliphatic hydroxyl groups is 1. The summed E-state index contributed by atoms with van der Waals surface area (Å²) in [5, 5.41) is 20.6. The summed E-state index contributed by atoms with van der Waals surface area (Å²) in [6.45, 7) is 1.53. The Kier molecular flexibility index (Phi) is 5.95. The number of hydrogen-bond acceptors (Lipinski definition) is 5. The number of benzene rings is 1. The molecule has 1 rings (SSSR count). The lowest BCUT2D eigenvalue weighted by Crippen LogP contribution is -2.53. The number of carbonyl (C=O) groups is 2. The molecular weight excluding hydrogens is 264 g/mol. The van der Waals surface area contributed by atoms with E-state index in [0.717, 1.165) is 5.56 Å². The van der Waals surface area contributed by atoms with Crippen molar-refractivity contribution in [1.82, 2.24) is 5.32 Å². The summed E-state index contributed by atoms with van der Waals surface area (Å²) < 4.78 is 4.94. The van der Waals surface area contributed by atoms with E-state index in [9.17, 15) is 14.7 Å². The largest absolute Gasteiger partial charge is 0.480 e. The van der Waals surface area contributed by atoms with Gasteiger partial charge < -0.3 is 26.0 Å². The Labute approximate surface area is 116 Å². The van der Waals surface area contributed by atoms with Gasteiger partial charge in [0.2, 0.25) is 0 Å². The molecule has 110 valence electrons. The lowest BCUT2D eigenvalue weighted by Gasteiger charge is -2.22. The number of carboxylic acid groups (broad SMARTS) is 1. The number of alkyl carbamates (subject to hydrolysis) is 1. The van der Waals surface area contributed by atoms with E-state index in [1.807, 2.05) is 18.2 Å². The van der Waals surface area contributed by atoms with E-state index in [4.69, 9.17) is 15.6 Å². The smallest absolute Gasteiger partial charge is 0.407 e. The molecule has 1 aromatic carbocycles. The van der Waals surface area contributed by atoms with Crippen LogP contribution < -0.4 is 11.1 Å². The maximum atomic E-state index is 11.5. The molecule has 0 aliphatic rings. The van der Waals surface area contributed by atoms with Crippen molar-refractivity contribution in [2.45, 2.75) is 31.7 Å². The van der Waals surface area contributed by atoms with Gasteiger partial charge in [0.05, 0.1) is 12.1 Å². The number of carbonyl (C=O) groups excluding carboxylic acids is 1. The Morgan fingerprint density at radius 2 is 1.95 bits per heavy atom. The number of rotatable bonds is 6. The Balaban J connectivity index is 2.40. The zero-order valence-electron chi connectivity index (χ0n) is 11.0. The molecule has 0 saturated carbocycles. The van der Waals surface area contributed by atoms with Gasteiger partial charge in [-0.2, -0.15) is 0 Å². The van der Waals surface area contributed by atoms with Crippen molar-refractivity contribution < 1.29 is 24.5 Å². The van der Waals surface area contributed by atoms with Crippen LogP contribution in [0.25, 0.3) is 0 Å². The Morgan fingerprint density at radius 3 is 2.50 bits per heavy atom. The molecule has 5 N–H and O–H groups in total. The van der Waals surface area contributed by atoms with E-state index >= 15 is 0 Å². The van der Waals surface area contributed by atoms with Crippen LogP contribution in [0.3, 0.4) is 0 Å². The lowest BCUT2D eigenvalue weighted by molar-refractivity contribution is -0.141. The summed E-state index contributed by atoms with van der Waals surface area (Å²) in [6.07, 6.45) is -2.16. The third-order valence-electron chi connectivity index (χ3n) is 2.72. The molecule has 0 bridgehead atoms. The summed E-state index contributed by atoms with van der Waals surface area (Å²) in [7, 11) is 0. The average molecular weight is 282 g/mol. The Bertz CT molecular complexity index is 451. The molecule has 0 spiro atoms. The van der Waals surface area contributed by atoms with E-state index in [0.29, 0.717) is 0 Å². The third-order valence-corrected chi connectivity index (χ3v) is 2.72. The fourth-order valence-electron chi connectivity index (χ4n) is 1.49. The molecule has 3 atom stereocenters. The first kappa shape index (κ1) is 15.9. The van der Waals surface area contributed by atoms with Gasteiger partial charge in [0.15, 0.2) is 0 Å². The molecule has 1 aromatic rings. The number of nitrogens with one attached hydrogen (secondary N) is 1. The summed E-state index contributed by atoms with van der Waals surface area (Å²) >= 11 is 0. The minimum atomic E-state index is -1.47. The van der Waals surface area contributed by atoms with E-state index in [1.165, 1.54) is 6.92 Å². The molecule has 1 amide bonds. The minimum absolute atomic E-state index is 0.0838. The highest BCUT2D eigenvalue weighted by atomic mass is 16.5. The molecule has 7 nitrogen and oxygen atoms in total. The molecule has 0 fully saturated rings. The normalized spacial score (nSPS) is 14.9.